The van der Waals surface area contributed by atoms with Crippen molar-refractivity contribution in [1.82, 2.24) is 0 Å². The van der Waals surface area contributed by atoms with E-state index in [1.165, 1.54) is 0 Å². The predicted molar refractivity (Wildman–Crippen MR) is 98.7 cm³/mol. The number of thiophene rings is 1. The SMILES string of the molecule is O=C(Cc1ccsc1)OCc1ccc(C(=O)Nc2ccccc2)cc1. The molecule has 0 atom stereocenters. The van der Waals surface area contributed by atoms with Crippen LogP contribution in [0.25, 0.3) is 0 Å². The van der Waals surface area contributed by atoms with Crippen molar-refractivity contribution in [2.75, 3.05) is 5.32 Å². The van der Waals surface area contributed by atoms with Crippen molar-refractivity contribution in [3.63, 3.8) is 0 Å². The molecule has 25 heavy (non-hydrogen) atoms. The van der Waals surface area contributed by atoms with Crippen LogP contribution in [-0.2, 0) is 22.6 Å². The first-order chi connectivity index (χ1) is 12.2. The smallest absolute Gasteiger partial charge is 0.310 e. The fourth-order valence-electron chi connectivity index (χ4n) is 2.25. The zero-order valence-electron chi connectivity index (χ0n) is 13.5. The number of ether oxygens (including phenoxy) is 1. The van der Waals surface area contributed by atoms with Crippen LogP contribution in [0.1, 0.15) is 21.5 Å². The highest BCUT2D eigenvalue weighted by molar-refractivity contribution is 7.07. The number of para-hydroxylation sites is 1. The lowest BCUT2D eigenvalue weighted by Gasteiger charge is -2.07. The summed E-state index contributed by atoms with van der Waals surface area (Å²) in [5, 5.41) is 6.69. The van der Waals surface area contributed by atoms with Gasteiger partial charge in [0.25, 0.3) is 5.91 Å². The molecule has 0 spiro atoms. The summed E-state index contributed by atoms with van der Waals surface area (Å²) in [6, 6.07) is 18.2. The first-order valence-electron chi connectivity index (χ1n) is 7.83. The first kappa shape index (κ1) is 16.9. The summed E-state index contributed by atoms with van der Waals surface area (Å²) in [4.78, 5) is 24.0. The van der Waals surface area contributed by atoms with Crippen LogP contribution in [0.3, 0.4) is 0 Å². The van der Waals surface area contributed by atoms with Gasteiger partial charge in [-0.25, -0.2) is 0 Å². The monoisotopic (exact) mass is 351 g/mol. The molecule has 0 aliphatic rings. The van der Waals surface area contributed by atoms with Gasteiger partial charge in [0, 0.05) is 11.3 Å². The van der Waals surface area contributed by atoms with E-state index in [0.717, 1.165) is 16.8 Å². The van der Waals surface area contributed by atoms with Crippen molar-refractivity contribution in [3.05, 3.63) is 88.1 Å². The molecule has 5 heteroatoms. The standard InChI is InChI=1S/C20H17NO3S/c22-19(12-16-10-11-25-14-16)24-13-15-6-8-17(9-7-15)20(23)21-18-4-2-1-3-5-18/h1-11,14H,12-13H2,(H,21,23). The van der Waals surface area contributed by atoms with Crippen LogP contribution in [0.2, 0.25) is 0 Å². The maximum atomic E-state index is 12.2. The number of nitrogens with one attached hydrogen (secondary N) is 1. The van der Waals surface area contributed by atoms with E-state index < -0.39 is 0 Å². The molecule has 0 bridgehead atoms. The number of esters is 1. The maximum absolute atomic E-state index is 12.2. The van der Waals surface area contributed by atoms with Crippen molar-refractivity contribution in [3.8, 4) is 0 Å². The van der Waals surface area contributed by atoms with E-state index in [1.807, 2.05) is 47.2 Å². The molecule has 0 aliphatic heterocycles. The molecular weight excluding hydrogens is 334 g/mol. The van der Waals surface area contributed by atoms with E-state index in [1.54, 1.807) is 35.6 Å². The van der Waals surface area contributed by atoms with Gasteiger partial charge in [0.05, 0.1) is 6.42 Å². The van der Waals surface area contributed by atoms with Crippen LogP contribution >= 0.6 is 11.3 Å². The van der Waals surface area contributed by atoms with Crippen molar-refractivity contribution in [1.29, 1.82) is 0 Å². The molecule has 3 rings (SSSR count). The van der Waals surface area contributed by atoms with E-state index in [4.69, 9.17) is 4.74 Å². The van der Waals surface area contributed by atoms with E-state index >= 15 is 0 Å². The minimum atomic E-state index is -0.260. The Morgan fingerprint density at radius 1 is 0.920 bits per heavy atom. The van der Waals surface area contributed by atoms with Gasteiger partial charge in [-0.2, -0.15) is 11.3 Å². The van der Waals surface area contributed by atoms with Crippen LogP contribution in [0.15, 0.2) is 71.4 Å². The summed E-state index contributed by atoms with van der Waals surface area (Å²) >= 11 is 1.56. The molecule has 4 nitrogen and oxygen atoms in total. The van der Waals surface area contributed by atoms with E-state index in [9.17, 15) is 9.59 Å². The zero-order chi connectivity index (χ0) is 17.5. The lowest BCUT2D eigenvalue weighted by molar-refractivity contribution is -0.144. The second kappa shape index (κ2) is 8.26. The Bertz CT molecular complexity index is 827. The van der Waals surface area contributed by atoms with Crippen molar-refractivity contribution in [2.24, 2.45) is 0 Å². The Kier molecular flexibility index (Phi) is 5.59. The number of anilines is 1. The van der Waals surface area contributed by atoms with Gasteiger partial charge in [-0.15, -0.1) is 0 Å². The third-order valence-corrected chi connectivity index (χ3v) is 4.31. The maximum Gasteiger partial charge on any atom is 0.310 e. The number of carbonyl (C=O) groups is 2. The highest BCUT2D eigenvalue weighted by Crippen LogP contribution is 2.12. The Balaban J connectivity index is 1.51. The summed E-state index contributed by atoms with van der Waals surface area (Å²) in [5.74, 6) is -0.434. The number of hydrogen-bond donors (Lipinski definition) is 1. The third kappa shape index (κ3) is 5.02. The second-order valence-corrected chi connectivity index (χ2v) is 6.27. The minimum Gasteiger partial charge on any atom is -0.461 e. The largest absolute Gasteiger partial charge is 0.461 e. The topological polar surface area (TPSA) is 55.4 Å². The van der Waals surface area contributed by atoms with Gasteiger partial charge >= 0.3 is 5.97 Å². The van der Waals surface area contributed by atoms with E-state index in [2.05, 4.69) is 5.32 Å². The molecule has 1 N–H and O–H groups in total. The lowest BCUT2D eigenvalue weighted by Crippen LogP contribution is -2.12. The Hall–Kier alpha value is -2.92. The summed E-state index contributed by atoms with van der Waals surface area (Å²) in [6.45, 7) is 0.198. The van der Waals surface area contributed by atoms with Crippen LogP contribution in [0.5, 0.6) is 0 Å². The molecular formula is C20H17NO3S. The van der Waals surface area contributed by atoms with Crippen molar-refractivity contribution in [2.45, 2.75) is 13.0 Å². The van der Waals surface area contributed by atoms with Crippen LogP contribution < -0.4 is 5.32 Å². The molecule has 0 saturated carbocycles. The molecule has 0 fully saturated rings. The molecule has 126 valence electrons. The molecule has 0 saturated heterocycles. The van der Waals surface area contributed by atoms with Gasteiger partial charge in [-0.3, -0.25) is 9.59 Å². The summed E-state index contributed by atoms with van der Waals surface area (Å²) in [7, 11) is 0. The highest BCUT2D eigenvalue weighted by atomic mass is 32.1. The number of carbonyl (C=O) groups excluding carboxylic acids is 2. The minimum absolute atomic E-state index is 0.174. The van der Waals surface area contributed by atoms with Crippen LogP contribution in [0.4, 0.5) is 5.69 Å². The predicted octanol–water partition coefficient (Wildman–Crippen LogP) is 4.29. The Morgan fingerprint density at radius 3 is 2.36 bits per heavy atom. The second-order valence-electron chi connectivity index (χ2n) is 5.49. The van der Waals surface area contributed by atoms with Gasteiger partial charge in [0.15, 0.2) is 0 Å². The molecule has 2 aromatic carbocycles. The molecule has 0 radical (unpaired) electrons. The average molecular weight is 351 g/mol. The van der Waals surface area contributed by atoms with Crippen LogP contribution in [0, 0.1) is 0 Å². The quantitative estimate of drug-likeness (QED) is 0.674. The van der Waals surface area contributed by atoms with Gasteiger partial charge in [-0.1, -0.05) is 30.3 Å². The summed E-state index contributed by atoms with van der Waals surface area (Å²) in [6.07, 6.45) is 0.279. The number of hydrogen-bond acceptors (Lipinski definition) is 4. The first-order valence-corrected chi connectivity index (χ1v) is 8.77. The van der Waals surface area contributed by atoms with Crippen molar-refractivity contribution < 1.29 is 14.3 Å². The zero-order valence-corrected chi connectivity index (χ0v) is 14.3. The third-order valence-electron chi connectivity index (χ3n) is 3.58. The summed E-state index contributed by atoms with van der Waals surface area (Å²) in [5.41, 5.74) is 3.11. The van der Waals surface area contributed by atoms with Crippen molar-refractivity contribution >= 4 is 28.9 Å². The molecule has 1 amide bonds. The molecule has 1 heterocycles. The summed E-state index contributed by atoms with van der Waals surface area (Å²) < 4.78 is 5.26. The average Bonchev–Trinajstić information content (AvgIpc) is 3.14. The molecule has 3 aromatic rings. The number of amides is 1. The van der Waals surface area contributed by atoms with E-state index in [0.29, 0.717) is 5.56 Å². The van der Waals surface area contributed by atoms with Gasteiger partial charge in [-0.05, 0) is 52.2 Å². The molecule has 0 unspecified atom stereocenters. The Morgan fingerprint density at radius 2 is 1.68 bits per heavy atom. The number of rotatable bonds is 6. The van der Waals surface area contributed by atoms with Gasteiger partial charge in [0.1, 0.15) is 6.61 Å². The van der Waals surface area contributed by atoms with Crippen LogP contribution in [-0.4, -0.2) is 11.9 Å². The molecule has 1 aromatic heterocycles. The Labute approximate surface area is 150 Å². The normalized spacial score (nSPS) is 10.2. The van der Waals surface area contributed by atoms with Gasteiger partial charge < -0.3 is 10.1 Å². The fourth-order valence-corrected chi connectivity index (χ4v) is 2.92. The highest BCUT2D eigenvalue weighted by Gasteiger charge is 2.08. The fraction of sp³-hybridized carbons (Fsp3) is 0.100. The number of benzene rings is 2. The lowest BCUT2D eigenvalue weighted by atomic mass is 10.1. The van der Waals surface area contributed by atoms with E-state index in [-0.39, 0.29) is 24.9 Å². The molecule has 0 aliphatic carbocycles. The van der Waals surface area contributed by atoms with Gasteiger partial charge in [0.2, 0.25) is 0 Å².